The molecule has 0 fully saturated rings. The fourth-order valence-corrected chi connectivity index (χ4v) is 3.19. The van der Waals surface area contributed by atoms with Crippen LogP contribution in [0, 0.1) is 4.77 Å². The quantitative estimate of drug-likeness (QED) is 0.540. The molecule has 1 heterocycles. The van der Waals surface area contributed by atoms with Crippen molar-refractivity contribution in [2.24, 2.45) is 0 Å². The number of carbonyl (C=O) groups excluding carboxylic acids is 1. The summed E-state index contributed by atoms with van der Waals surface area (Å²) in [5.74, 6) is -0.443. The summed E-state index contributed by atoms with van der Waals surface area (Å²) in [6, 6.07) is 24.0. The molecule has 0 saturated heterocycles. The normalized spacial score (nSPS) is 10.8. The average Bonchev–Trinajstić information content (AvgIpc) is 2.69. The highest BCUT2D eigenvalue weighted by Gasteiger charge is 2.14. The van der Waals surface area contributed by atoms with Crippen LogP contribution in [0.4, 0.5) is 0 Å². The van der Waals surface area contributed by atoms with Gasteiger partial charge in [-0.05, 0) is 47.6 Å². The fraction of sp³-hybridized carbons (Fsp3) is 0. The van der Waals surface area contributed by atoms with Crippen molar-refractivity contribution in [1.29, 1.82) is 0 Å². The Balaban J connectivity index is 1.78. The minimum atomic E-state index is -0.443. The van der Waals surface area contributed by atoms with E-state index in [1.165, 1.54) is 0 Å². The van der Waals surface area contributed by atoms with Crippen LogP contribution in [0.2, 0.25) is 0 Å². The summed E-state index contributed by atoms with van der Waals surface area (Å²) in [6.45, 7) is 0. The lowest BCUT2D eigenvalue weighted by Gasteiger charge is -2.08. The van der Waals surface area contributed by atoms with Crippen molar-refractivity contribution < 1.29 is 4.79 Å². The second-order valence-corrected chi connectivity index (χ2v) is 6.25. The Labute approximate surface area is 154 Å². The molecule has 0 aliphatic rings. The molecule has 0 spiro atoms. The molecule has 0 radical (unpaired) electrons. The molecule has 0 saturated carbocycles. The van der Waals surface area contributed by atoms with Crippen molar-refractivity contribution >= 4 is 29.0 Å². The van der Waals surface area contributed by atoms with Crippen LogP contribution in [0.1, 0.15) is 10.4 Å². The molecule has 0 bridgehead atoms. The molecule has 4 nitrogen and oxygen atoms in total. The van der Waals surface area contributed by atoms with Crippen LogP contribution in [0.5, 0.6) is 0 Å². The summed E-state index contributed by atoms with van der Waals surface area (Å²) in [6.07, 6.45) is 0. The highest BCUT2D eigenvalue weighted by atomic mass is 32.1. The zero-order chi connectivity index (χ0) is 18.1. The Hall–Kier alpha value is -3.31. The Morgan fingerprint density at radius 1 is 0.808 bits per heavy atom. The first-order chi connectivity index (χ1) is 12.6. The van der Waals surface area contributed by atoms with Gasteiger partial charge in [0, 0.05) is 5.56 Å². The summed E-state index contributed by atoms with van der Waals surface area (Å²) in [5.41, 5.74) is 2.67. The van der Waals surface area contributed by atoms with Crippen molar-refractivity contribution in [1.82, 2.24) is 9.55 Å². The number of H-pyrrole nitrogens is 1. The molecule has 126 valence electrons. The van der Waals surface area contributed by atoms with Crippen LogP contribution in [-0.2, 0) is 0 Å². The van der Waals surface area contributed by atoms with E-state index in [9.17, 15) is 9.59 Å². The number of fused-ring (bicyclic) bond motifs is 1. The van der Waals surface area contributed by atoms with Gasteiger partial charge in [-0.15, -0.1) is 0 Å². The molecule has 4 aromatic rings. The standard InChI is InChI=1S/C21H14N2O2S/c24-19(16-12-10-15(11-13-16)14-6-2-1-3-7-14)23-20(25)17-8-4-5-9-18(17)22-21(23)26/h1-13H,(H,22,26). The van der Waals surface area contributed by atoms with Gasteiger partial charge in [0.15, 0.2) is 4.77 Å². The minimum absolute atomic E-state index is 0.0887. The lowest BCUT2D eigenvalue weighted by molar-refractivity contribution is 0.0953. The smallest absolute Gasteiger partial charge is 0.269 e. The van der Waals surface area contributed by atoms with E-state index in [0.717, 1.165) is 15.7 Å². The maximum Gasteiger partial charge on any atom is 0.269 e. The summed E-state index contributed by atoms with van der Waals surface area (Å²) in [4.78, 5) is 28.5. The van der Waals surface area contributed by atoms with Gasteiger partial charge in [0.1, 0.15) is 0 Å². The van der Waals surface area contributed by atoms with Crippen molar-refractivity contribution in [2.45, 2.75) is 0 Å². The van der Waals surface area contributed by atoms with Gasteiger partial charge in [-0.1, -0.05) is 54.6 Å². The topological polar surface area (TPSA) is 54.9 Å². The van der Waals surface area contributed by atoms with Crippen molar-refractivity contribution in [2.75, 3.05) is 0 Å². The molecule has 5 heteroatoms. The van der Waals surface area contributed by atoms with Crippen molar-refractivity contribution in [3.63, 3.8) is 0 Å². The van der Waals surface area contributed by atoms with E-state index < -0.39 is 11.5 Å². The molecule has 3 aromatic carbocycles. The minimum Gasteiger partial charge on any atom is -0.331 e. The second-order valence-electron chi connectivity index (χ2n) is 5.86. The molecule has 4 rings (SSSR count). The van der Waals surface area contributed by atoms with E-state index in [1.807, 2.05) is 48.5 Å². The van der Waals surface area contributed by atoms with Gasteiger partial charge in [-0.2, -0.15) is 0 Å². The number of rotatable bonds is 2. The summed E-state index contributed by atoms with van der Waals surface area (Å²) in [5, 5.41) is 0.426. The van der Waals surface area contributed by atoms with Gasteiger partial charge >= 0.3 is 0 Å². The lowest BCUT2D eigenvalue weighted by atomic mass is 10.0. The number of nitrogens with one attached hydrogen (secondary N) is 1. The lowest BCUT2D eigenvalue weighted by Crippen LogP contribution is -2.29. The Kier molecular flexibility index (Phi) is 4.07. The van der Waals surface area contributed by atoms with Crippen LogP contribution >= 0.6 is 12.2 Å². The zero-order valence-electron chi connectivity index (χ0n) is 13.7. The van der Waals surface area contributed by atoms with Crippen molar-refractivity contribution in [3.05, 3.63) is 99.6 Å². The Bertz CT molecular complexity index is 1220. The number of aromatic nitrogens is 2. The van der Waals surface area contributed by atoms with Crippen LogP contribution in [0.3, 0.4) is 0 Å². The third kappa shape index (κ3) is 2.78. The predicted octanol–water partition coefficient (Wildman–Crippen LogP) is 4.41. The molecule has 0 atom stereocenters. The molecule has 26 heavy (non-hydrogen) atoms. The van der Waals surface area contributed by atoms with E-state index in [-0.39, 0.29) is 4.77 Å². The number of carbonyl (C=O) groups is 1. The summed E-state index contributed by atoms with van der Waals surface area (Å²) in [7, 11) is 0. The average molecular weight is 358 g/mol. The van der Waals surface area contributed by atoms with E-state index >= 15 is 0 Å². The molecule has 0 amide bonds. The van der Waals surface area contributed by atoms with E-state index in [4.69, 9.17) is 12.2 Å². The molecule has 1 N–H and O–H groups in total. The largest absolute Gasteiger partial charge is 0.331 e. The van der Waals surface area contributed by atoms with Crippen LogP contribution in [-0.4, -0.2) is 15.5 Å². The van der Waals surface area contributed by atoms with Crippen molar-refractivity contribution in [3.8, 4) is 11.1 Å². The maximum atomic E-state index is 12.9. The third-order valence-corrected chi connectivity index (χ3v) is 4.53. The first kappa shape index (κ1) is 16.2. The van der Waals surface area contributed by atoms with Crippen LogP contribution < -0.4 is 5.56 Å². The van der Waals surface area contributed by atoms with Crippen LogP contribution in [0.25, 0.3) is 22.0 Å². The number of nitrogens with zero attached hydrogens (tertiary/aromatic N) is 1. The van der Waals surface area contributed by atoms with E-state index in [2.05, 4.69) is 4.98 Å². The maximum absolute atomic E-state index is 12.9. The van der Waals surface area contributed by atoms with Gasteiger partial charge in [-0.3, -0.25) is 9.59 Å². The highest BCUT2D eigenvalue weighted by molar-refractivity contribution is 7.71. The predicted molar refractivity (Wildman–Crippen MR) is 105 cm³/mol. The summed E-state index contributed by atoms with van der Waals surface area (Å²) < 4.78 is 1.10. The molecule has 0 unspecified atom stereocenters. The van der Waals surface area contributed by atoms with Gasteiger partial charge in [0.2, 0.25) is 0 Å². The van der Waals surface area contributed by atoms with Gasteiger partial charge in [-0.25, -0.2) is 4.57 Å². The molecule has 0 aliphatic heterocycles. The molecule has 1 aromatic heterocycles. The van der Waals surface area contributed by atoms with E-state index in [1.54, 1.807) is 30.3 Å². The molecule has 0 aliphatic carbocycles. The number of hydrogen-bond donors (Lipinski definition) is 1. The van der Waals surface area contributed by atoms with E-state index in [0.29, 0.717) is 16.5 Å². The third-order valence-electron chi connectivity index (χ3n) is 4.25. The Morgan fingerprint density at radius 3 is 2.15 bits per heavy atom. The molecular formula is C21H14N2O2S. The number of aromatic amines is 1. The van der Waals surface area contributed by atoms with Gasteiger partial charge in [0.25, 0.3) is 11.5 Å². The zero-order valence-corrected chi connectivity index (χ0v) is 14.5. The first-order valence-corrected chi connectivity index (χ1v) is 8.50. The summed E-state index contributed by atoms with van der Waals surface area (Å²) >= 11 is 5.23. The SMILES string of the molecule is O=C(c1ccc(-c2ccccc2)cc1)n1c(=S)[nH]c2ccccc2c1=O. The number of benzene rings is 3. The Morgan fingerprint density at radius 2 is 1.42 bits per heavy atom. The van der Waals surface area contributed by atoms with Gasteiger partial charge < -0.3 is 4.98 Å². The second kappa shape index (κ2) is 6.54. The number of para-hydroxylation sites is 1. The monoisotopic (exact) mass is 358 g/mol. The number of hydrogen-bond acceptors (Lipinski definition) is 3. The van der Waals surface area contributed by atoms with Gasteiger partial charge in [0.05, 0.1) is 10.9 Å². The first-order valence-electron chi connectivity index (χ1n) is 8.09. The fourth-order valence-electron chi connectivity index (χ4n) is 2.91. The highest BCUT2D eigenvalue weighted by Crippen LogP contribution is 2.19. The van der Waals surface area contributed by atoms with Crippen LogP contribution in [0.15, 0.2) is 83.7 Å². The molecular weight excluding hydrogens is 344 g/mol.